The summed E-state index contributed by atoms with van der Waals surface area (Å²) in [6, 6.07) is 7.93. The van der Waals surface area contributed by atoms with E-state index in [1.54, 1.807) is 31.9 Å². The van der Waals surface area contributed by atoms with Crippen molar-refractivity contribution in [2.24, 2.45) is 7.05 Å². The van der Waals surface area contributed by atoms with Gasteiger partial charge in [-0.15, -0.1) is 0 Å². The second-order valence-electron chi connectivity index (χ2n) is 10.6. The number of fused-ring (bicyclic) bond motifs is 1. The second-order valence-corrected chi connectivity index (χ2v) is 14.6. The third kappa shape index (κ3) is 5.74. The first kappa shape index (κ1) is 28.3. The fraction of sp³-hybridized carbons (Fsp3) is 0.276. The molecular formula is C29H31BrN9O2P. The predicted octanol–water partition coefficient (Wildman–Crippen LogP) is 5.46. The van der Waals surface area contributed by atoms with E-state index in [4.69, 9.17) is 9.72 Å². The Kier molecular flexibility index (Phi) is 7.69. The molecule has 13 heteroatoms. The normalized spacial score (nSPS) is 13.9. The average molecular weight is 649 g/mol. The van der Waals surface area contributed by atoms with E-state index in [9.17, 15) is 4.57 Å². The fourth-order valence-electron chi connectivity index (χ4n) is 5.28. The Morgan fingerprint density at radius 1 is 1.02 bits per heavy atom. The molecule has 0 saturated carbocycles. The lowest BCUT2D eigenvalue weighted by molar-refractivity contribution is 0.122. The van der Waals surface area contributed by atoms with E-state index in [1.165, 1.54) is 5.69 Å². The lowest BCUT2D eigenvalue weighted by Crippen LogP contribution is -2.37. The second kappa shape index (κ2) is 11.4. The maximum atomic E-state index is 13.4. The Morgan fingerprint density at radius 3 is 2.55 bits per heavy atom. The van der Waals surface area contributed by atoms with Gasteiger partial charge in [-0.2, -0.15) is 10.1 Å². The highest BCUT2D eigenvalue weighted by molar-refractivity contribution is 9.10. The zero-order valence-corrected chi connectivity index (χ0v) is 26.3. The van der Waals surface area contributed by atoms with E-state index in [0.29, 0.717) is 51.5 Å². The van der Waals surface area contributed by atoms with Crippen molar-refractivity contribution in [1.82, 2.24) is 29.7 Å². The van der Waals surface area contributed by atoms with Crippen molar-refractivity contribution in [3.63, 3.8) is 0 Å². The number of benzene rings is 2. The maximum Gasteiger partial charge on any atom is 0.229 e. The molecule has 0 atom stereocenters. The van der Waals surface area contributed by atoms with E-state index >= 15 is 0 Å². The van der Waals surface area contributed by atoms with Gasteiger partial charge in [-0.25, -0.2) is 4.98 Å². The van der Waals surface area contributed by atoms with Crippen molar-refractivity contribution in [3.05, 3.63) is 65.3 Å². The van der Waals surface area contributed by atoms with Crippen LogP contribution in [0.2, 0.25) is 0 Å². The van der Waals surface area contributed by atoms with Crippen molar-refractivity contribution in [2.45, 2.75) is 6.92 Å². The van der Waals surface area contributed by atoms with Gasteiger partial charge in [0, 0.05) is 67.4 Å². The molecule has 2 aromatic carbocycles. The topological polar surface area (TPSA) is 123 Å². The highest BCUT2D eigenvalue weighted by Gasteiger charge is 2.23. The van der Waals surface area contributed by atoms with Crippen LogP contribution in [0.15, 0.2) is 59.7 Å². The third-order valence-electron chi connectivity index (χ3n) is 7.05. The Hall–Kier alpha value is -3.86. The molecule has 2 N–H and O–H groups in total. The number of aryl methyl sites for hydroxylation is 2. The summed E-state index contributed by atoms with van der Waals surface area (Å²) in [6.07, 6.45) is 8.83. The van der Waals surface area contributed by atoms with Crippen LogP contribution >= 0.6 is 23.1 Å². The van der Waals surface area contributed by atoms with Gasteiger partial charge in [-0.05, 0) is 66.0 Å². The van der Waals surface area contributed by atoms with Gasteiger partial charge >= 0.3 is 0 Å². The van der Waals surface area contributed by atoms with Gasteiger partial charge in [0.15, 0.2) is 0 Å². The SMILES string of the molecule is Cc1cc(Nc2ncc(Br)c(Nc3ccc4nccnc4c3P(C)(C)=O)n2)cc(-c2cnn(C)c2)c1N1CCOCC1. The van der Waals surface area contributed by atoms with Crippen LogP contribution in [0, 0.1) is 6.92 Å². The molecule has 4 heterocycles. The molecule has 42 heavy (non-hydrogen) atoms. The van der Waals surface area contributed by atoms with Crippen molar-refractivity contribution >= 4 is 68.2 Å². The van der Waals surface area contributed by atoms with Gasteiger partial charge in [0.1, 0.15) is 18.5 Å². The molecule has 1 aliphatic rings. The lowest BCUT2D eigenvalue weighted by atomic mass is 10.0. The third-order valence-corrected chi connectivity index (χ3v) is 9.16. The molecule has 0 unspecified atom stereocenters. The first-order valence-electron chi connectivity index (χ1n) is 13.5. The van der Waals surface area contributed by atoms with E-state index in [0.717, 1.165) is 35.5 Å². The highest BCUT2D eigenvalue weighted by Crippen LogP contribution is 2.41. The molecule has 1 aliphatic heterocycles. The lowest BCUT2D eigenvalue weighted by Gasteiger charge is -2.32. The van der Waals surface area contributed by atoms with Gasteiger partial charge in [0.05, 0.1) is 40.4 Å². The number of morpholine rings is 1. The van der Waals surface area contributed by atoms with Gasteiger partial charge in [-0.3, -0.25) is 14.6 Å². The van der Waals surface area contributed by atoms with E-state index < -0.39 is 7.14 Å². The fourth-order valence-corrected chi connectivity index (χ4v) is 6.96. The summed E-state index contributed by atoms with van der Waals surface area (Å²) in [4.78, 5) is 20.5. The zero-order chi connectivity index (χ0) is 29.4. The standard InChI is InChI=1S/C29H31BrN9O2P/c1-18-13-20(14-21(19-15-34-38(2)17-19)26(18)39-9-11-41-12-10-39)35-29-33-16-22(30)28(37-29)36-24-6-5-23-25(32-8-7-31-23)27(24)42(3,4)40/h5-8,13-17H,9-12H2,1-4H3,(H2,33,35,36,37). The van der Waals surface area contributed by atoms with Crippen molar-refractivity contribution in [2.75, 3.05) is 55.2 Å². The summed E-state index contributed by atoms with van der Waals surface area (Å²) in [6.45, 7) is 8.63. The van der Waals surface area contributed by atoms with Crippen molar-refractivity contribution in [3.8, 4) is 11.1 Å². The Balaban J connectivity index is 1.36. The summed E-state index contributed by atoms with van der Waals surface area (Å²) in [7, 11) is -0.816. The number of halogens is 1. The first-order valence-corrected chi connectivity index (χ1v) is 16.9. The minimum atomic E-state index is -2.73. The molecule has 6 rings (SSSR count). The number of rotatable bonds is 7. The quantitative estimate of drug-likeness (QED) is 0.220. The van der Waals surface area contributed by atoms with Crippen LogP contribution in [-0.4, -0.2) is 69.3 Å². The van der Waals surface area contributed by atoms with Gasteiger partial charge in [0.25, 0.3) is 0 Å². The summed E-state index contributed by atoms with van der Waals surface area (Å²) < 4.78 is 21.5. The Bertz CT molecular complexity index is 1830. The van der Waals surface area contributed by atoms with Crippen molar-refractivity contribution in [1.29, 1.82) is 0 Å². The van der Waals surface area contributed by atoms with Crippen LogP contribution in [0.1, 0.15) is 5.56 Å². The molecule has 1 fully saturated rings. The number of hydrogen-bond acceptors (Lipinski definition) is 10. The van der Waals surface area contributed by atoms with Crippen LogP contribution in [0.3, 0.4) is 0 Å². The largest absolute Gasteiger partial charge is 0.378 e. The number of anilines is 5. The maximum absolute atomic E-state index is 13.4. The molecule has 0 aliphatic carbocycles. The number of hydrogen-bond donors (Lipinski definition) is 2. The van der Waals surface area contributed by atoms with Crippen molar-refractivity contribution < 1.29 is 9.30 Å². The summed E-state index contributed by atoms with van der Waals surface area (Å²) in [5.41, 5.74) is 7.21. The molecule has 5 aromatic rings. The number of nitrogens with one attached hydrogen (secondary N) is 2. The van der Waals surface area contributed by atoms with E-state index in [2.05, 4.69) is 70.6 Å². The Labute approximate surface area is 252 Å². The van der Waals surface area contributed by atoms with Gasteiger partial charge < -0.3 is 24.8 Å². The van der Waals surface area contributed by atoms with Crippen LogP contribution in [-0.2, 0) is 16.3 Å². The molecule has 216 valence electrons. The highest BCUT2D eigenvalue weighted by atomic mass is 79.9. The number of aromatic nitrogens is 6. The molecule has 0 amide bonds. The first-order chi connectivity index (χ1) is 20.2. The van der Waals surface area contributed by atoms with Gasteiger partial charge in [-0.1, -0.05) is 0 Å². The van der Waals surface area contributed by atoms with Crippen LogP contribution in [0.25, 0.3) is 22.2 Å². The molecule has 3 aromatic heterocycles. The minimum Gasteiger partial charge on any atom is -0.378 e. The summed E-state index contributed by atoms with van der Waals surface area (Å²) in [5.74, 6) is 0.939. The predicted molar refractivity (Wildman–Crippen MR) is 171 cm³/mol. The van der Waals surface area contributed by atoms with Crippen LogP contribution < -0.4 is 20.8 Å². The van der Waals surface area contributed by atoms with E-state index in [1.807, 2.05) is 36.3 Å². The molecule has 11 nitrogen and oxygen atoms in total. The monoisotopic (exact) mass is 647 g/mol. The molecule has 0 spiro atoms. The van der Waals surface area contributed by atoms with Crippen LogP contribution in [0.5, 0.6) is 0 Å². The molecule has 0 radical (unpaired) electrons. The smallest absolute Gasteiger partial charge is 0.229 e. The van der Waals surface area contributed by atoms with Gasteiger partial charge in [0.2, 0.25) is 5.95 Å². The summed E-state index contributed by atoms with van der Waals surface area (Å²) in [5, 5.41) is 11.8. The average Bonchev–Trinajstić information content (AvgIpc) is 3.40. The number of ether oxygens (including phenoxy) is 1. The summed E-state index contributed by atoms with van der Waals surface area (Å²) >= 11 is 3.57. The van der Waals surface area contributed by atoms with E-state index in [-0.39, 0.29) is 0 Å². The molecule has 1 saturated heterocycles. The minimum absolute atomic E-state index is 0.412. The zero-order valence-electron chi connectivity index (χ0n) is 23.8. The Morgan fingerprint density at radius 2 is 1.81 bits per heavy atom. The molecular weight excluding hydrogens is 617 g/mol. The van der Waals surface area contributed by atoms with Crippen LogP contribution in [0.4, 0.5) is 28.8 Å². The number of nitrogens with zero attached hydrogens (tertiary/aromatic N) is 7. The molecule has 0 bridgehead atoms.